The first kappa shape index (κ1) is 19.9. The maximum Gasteiger partial charge on any atom is 0.413 e. The van der Waals surface area contributed by atoms with Crippen LogP contribution < -0.4 is 15.4 Å². The van der Waals surface area contributed by atoms with Crippen molar-refractivity contribution in [1.29, 1.82) is 0 Å². The molecule has 1 aromatic rings. The molecule has 0 fully saturated rings. The standard InChI is InChI=1S/C16H20N2O7/c1-3-23-12-7-5-11(6-8-12)15(21)17-9-14(20)25-10-13(19)18-16(22)24-4-2/h5-8H,3-4,9-10H2,1-2H3,(H,17,21)(H,18,19,22). The van der Waals surface area contributed by atoms with Crippen LogP contribution in [0.15, 0.2) is 24.3 Å². The van der Waals surface area contributed by atoms with Crippen molar-refractivity contribution in [2.45, 2.75) is 13.8 Å². The second-order valence-corrected chi connectivity index (χ2v) is 4.57. The lowest BCUT2D eigenvalue weighted by atomic mass is 10.2. The van der Waals surface area contributed by atoms with E-state index in [1.165, 1.54) is 0 Å². The molecule has 0 aromatic heterocycles. The second-order valence-electron chi connectivity index (χ2n) is 4.57. The van der Waals surface area contributed by atoms with Gasteiger partial charge in [0.25, 0.3) is 11.8 Å². The number of imide groups is 1. The third-order valence-electron chi connectivity index (χ3n) is 2.70. The molecule has 0 unspecified atom stereocenters. The third-order valence-corrected chi connectivity index (χ3v) is 2.70. The predicted octanol–water partition coefficient (Wildman–Crippen LogP) is 0.631. The van der Waals surface area contributed by atoms with Crippen LogP contribution in [0.3, 0.4) is 0 Å². The van der Waals surface area contributed by atoms with Gasteiger partial charge in [-0.05, 0) is 38.1 Å². The first-order chi connectivity index (χ1) is 12.0. The molecule has 0 spiro atoms. The molecule has 0 bridgehead atoms. The van der Waals surface area contributed by atoms with Crippen molar-refractivity contribution >= 4 is 23.9 Å². The van der Waals surface area contributed by atoms with Crippen LogP contribution >= 0.6 is 0 Å². The van der Waals surface area contributed by atoms with Gasteiger partial charge in [-0.3, -0.25) is 19.7 Å². The monoisotopic (exact) mass is 352 g/mol. The number of hydrogen-bond acceptors (Lipinski definition) is 7. The van der Waals surface area contributed by atoms with E-state index >= 15 is 0 Å². The fourth-order valence-electron chi connectivity index (χ4n) is 1.64. The summed E-state index contributed by atoms with van der Waals surface area (Å²) in [4.78, 5) is 45.6. The summed E-state index contributed by atoms with van der Waals surface area (Å²) in [6.07, 6.45) is -0.924. The van der Waals surface area contributed by atoms with E-state index in [9.17, 15) is 19.2 Å². The van der Waals surface area contributed by atoms with Crippen molar-refractivity contribution in [3.05, 3.63) is 29.8 Å². The number of hydrogen-bond donors (Lipinski definition) is 2. The van der Waals surface area contributed by atoms with Gasteiger partial charge in [-0.25, -0.2) is 4.79 Å². The fourth-order valence-corrected chi connectivity index (χ4v) is 1.64. The van der Waals surface area contributed by atoms with Crippen molar-refractivity contribution in [1.82, 2.24) is 10.6 Å². The fraction of sp³-hybridized carbons (Fsp3) is 0.375. The van der Waals surface area contributed by atoms with Crippen molar-refractivity contribution in [2.75, 3.05) is 26.4 Å². The van der Waals surface area contributed by atoms with Gasteiger partial charge in [0.05, 0.1) is 13.2 Å². The summed E-state index contributed by atoms with van der Waals surface area (Å²) in [5.74, 6) is -1.50. The Morgan fingerprint density at radius 3 is 2.24 bits per heavy atom. The molecule has 0 radical (unpaired) electrons. The van der Waals surface area contributed by atoms with Crippen LogP contribution in [0.25, 0.3) is 0 Å². The number of esters is 1. The van der Waals surface area contributed by atoms with Crippen LogP contribution in [0, 0.1) is 0 Å². The SMILES string of the molecule is CCOC(=O)NC(=O)COC(=O)CNC(=O)c1ccc(OCC)cc1. The van der Waals surface area contributed by atoms with Crippen molar-refractivity contribution in [2.24, 2.45) is 0 Å². The van der Waals surface area contributed by atoms with Crippen LogP contribution in [0.5, 0.6) is 5.75 Å². The van der Waals surface area contributed by atoms with E-state index in [1.54, 1.807) is 31.2 Å². The van der Waals surface area contributed by atoms with E-state index in [4.69, 9.17) is 4.74 Å². The Hall–Kier alpha value is -3.10. The van der Waals surface area contributed by atoms with Crippen LogP contribution in [0.2, 0.25) is 0 Å². The van der Waals surface area contributed by atoms with E-state index in [0.29, 0.717) is 17.9 Å². The van der Waals surface area contributed by atoms with E-state index in [-0.39, 0.29) is 6.61 Å². The number of amides is 3. The molecular weight excluding hydrogens is 332 g/mol. The summed E-state index contributed by atoms with van der Waals surface area (Å²) in [6, 6.07) is 6.38. The van der Waals surface area contributed by atoms with E-state index < -0.39 is 37.0 Å². The predicted molar refractivity (Wildman–Crippen MR) is 86.1 cm³/mol. The molecule has 1 aromatic carbocycles. The zero-order chi connectivity index (χ0) is 18.7. The maximum atomic E-state index is 11.9. The molecule has 0 saturated heterocycles. The number of ether oxygens (including phenoxy) is 3. The van der Waals surface area contributed by atoms with Gasteiger partial charge in [0.15, 0.2) is 6.61 Å². The Balaban J connectivity index is 2.32. The van der Waals surface area contributed by atoms with Crippen molar-refractivity contribution in [3.8, 4) is 5.75 Å². The molecule has 136 valence electrons. The average Bonchev–Trinajstić information content (AvgIpc) is 2.59. The molecule has 0 heterocycles. The number of carbonyl (C=O) groups is 4. The highest BCUT2D eigenvalue weighted by atomic mass is 16.6. The minimum absolute atomic E-state index is 0.108. The normalized spacial score (nSPS) is 9.68. The largest absolute Gasteiger partial charge is 0.494 e. The van der Waals surface area contributed by atoms with Crippen LogP contribution in [-0.2, 0) is 19.1 Å². The molecule has 0 saturated carbocycles. The summed E-state index contributed by atoms with van der Waals surface area (Å²) >= 11 is 0. The summed E-state index contributed by atoms with van der Waals surface area (Å²) in [5.41, 5.74) is 0.344. The molecule has 2 N–H and O–H groups in total. The molecule has 0 aliphatic rings. The number of alkyl carbamates (subject to hydrolysis) is 1. The lowest BCUT2D eigenvalue weighted by Gasteiger charge is -2.08. The Labute approximate surface area is 144 Å². The first-order valence-electron chi connectivity index (χ1n) is 7.59. The minimum atomic E-state index is -0.924. The van der Waals surface area contributed by atoms with Gasteiger partial charge in [0.2, 0.25) is 0 Å². The van der Waals surface area contributed by atoms with Crippen LogP contribution in [0.1, 0.15) is 24.2 Å². The maximum absolute atomic E-state index is 11.9. The Bertz CT molecular complexity index is 613. The number of nitrogens with one attached hydrogen (secondary N) is 2. The summed E-state index contributed by atoms with van der Waals surface area (Å²) < 4.78 is 14.4. The lowest BCUT2D eigenvalue weighted by Crippen LogP contribution is -2.36. The van der Waals surface area contributed by atoms with Gasteiger partial charge in [0.1, 0.15) is 12.3 Å². The van der Waals surface area contributed by atoms with E-state index in [2.05, 4.69) is 14.8 Å². The number of rotatable bonds is 8. The van der Waals surface area contributed by atoms with Crippen molar-refractivity contribution < 1.29 is 33.4 Å². The molecule has 0 atom stereocenters. The highest BCUT2D eigenvalue weighted by molar-refractivity contribution is 5.96. The smallest absolute Gasteiger partial charge is 0.413 e. The lowest BCUT2D eigenvalue weighted by molar-refractivity contribution is -0.147. The number of benzene rings is 1. The van der Waals surface area contributed by atoms with Gasteiger partial charge in [0, 0.05) is 5.56 Å². The molecule has 3 amide bonds. The van der Waals surface area contributed by atoms with Gasteiger partial charge >= 0.3 is 12.1 Å². The summed E-state index contributed by atoms with van der Waals surface area (Å²) in [6.45, 7) is 2.98. The molecule has 25 heavy (non-hydrogen) atoms. The molecule has 0 aliphatic carbocycles. The van der Waals surface area contributed by atoms with Gasteiger partial charge in [-0.15, -0.1) is 0 Å². The average molecular weight is 352 g/mol. The quantitative estimate of drug-likeness (QED) is 0.658. The highest BCUT2D eigenvalue weighted by Gasteiger charge is 2.13. The topological polar surface area (TPSA) is 120 Å². The van der Waals surface area contributed by atoms with E-state index in [0.717, 1.165) is 0 Å². The van der Waals surface area contributed by atoms with Gasteiger partial charge in [-0.2, -0.15) is 0 Å². The van der Waals surface area contributed by atoms with E-state index in [1.807, 2.05) is 12.2 Å². The van der Waals surface area contributed by atoms with Gasteiger partial charge in [-0.1, -0.05) is 0 Å². The third kappa shape index (κ3) is 7.82. The molecule has 0 aliphatic heterocycles. The summed E-state index contributed by atoms with van der Waals surface area (Å²) in [5, 5.41) is 4.22. The Morgan fingerprint density at radius 1 is 0.960 bits per heavy atom. The zero-order valence-corrected chi connectivity index (χ0v) is 14.0. The van der Waals surface area contributed by atoms with Crippen molar-refractivity contribution in [3.63, 3.8) is 0 Å². The van der Waals surface area contributed by atoms with Crippen LogP contribution in [0.4, 0.5) is 4.79 Å². The Kier molecular flexibility index (Phi) is 8.48. The minimum Gasteiger partial charge on any atom is -0.494 e. The van der Waals surface area contributed by atoms with Gasteiger partial charge < -0.3 is 19.5 Å². The van der Waals surface area contributed by atoms with Crippen LogP contribution in [-0.4, -0.2) is 50.2 Å². The molecular formula is C16H20N2O7. The molecule has 9 heteroatoms. The highest BCUT2D eigenvalue weighted by Crippen LogP contribution is 2.11. The second kappa shape index (κ2) is 10.6. The number of carbonyl (C=O) groups excluding carboxylic acids is 4. The first-order valence-corrected chi connectivity index (χ1v) is 7.59. The molecule has 1 rings (SSSR count). The molecule has 9 nitrogen and oxygen atoms in total. The Morgan fingerprint density at radius 2 is 1.64 bits per heavy atom. The zero-order valence-electron chi connectivity index (χ0n) is 14.0. The summed E-state index contributed by atoms with van der Waals surface area (Å²) in [7, 11) is 0.